The number of pyridine rings is 1. The summed E-state index contributed by atoms with van der Waals surface area (Å²) in [6, 6.07) is 0.862. The van der Waals surface area contributed by atoms with Crippen molar-refractivity contribution in [3.05, 3.63) is 28.5 Å². The third-order valence-electron chi connectivity index (χ3n) is 4.07. The van der Waals surface area contributed by atoms with Crippen LogP contribution in [0.2, 0.25) is 5.02 Å². The number of aliphatic hydroxyl groups is 1. The van der Waals surface area contributed by atoms with Gasteiger partial charge in [0, 0.05) is 31.4 Å². The number of halogens is 4. The molecule has 0 aliphatic carbocycles. The summed E-state index contributed by atoms with van der Waals surface area (Å²) < 4.78 is 44.1. The van der Waals surface area contributed by atoms with Gasteiger partial charge in [0.05, 0.1) is 16.2 Å². The molecule has 1 aromatic heterocycles. The van der Waals surface area contributed by atoms with Crippen molar-refractivity contribution in [2.24, 2.45) is 0 Å². The first-order valence-electron chi connectivity index (χ1n) is 8.21. The number of carbonyl (C=O) groups is 1. The molecule has 5 nitrogen and oxygen atoms in total. The van der Waals surface area contributed by atoms with Crippen molar-refractivity contribution in [2.45, 2.75) is 57.4 Å². The number of piperidine rings is 1. The second kappa shape index (κ2) is 7.23. The number of carbonyl (C=O) groups excluding carboxylic acids is 1. The minimum Gasteiger partial charge on any atom is -0.444 e. The Bertz CT molecular complexity index is 666. The van der Waals surface area contributed by atoms with E-state index in [0.717, 1.165) is 12.3 Å². The second-order valence-corrected chi connectivity index (χ2v) is 7.93. The van der Waals surface area contributed by atoms with E-state index in [1.165, 1.54) is 4.90 Å². The molecule has 0 aromatic carbocycles. The van der Waals surface area contributed by atoms with Crippen LogP contribution >= 0.6 is 11.6 Å². The molecule has 146 valence electrons. The fourth-order valence-electron chi connectivity index (χ4n) is 2.74. The van der Waals surface area contributed by atoms with Gasteiger partial charge in [0.2, 0.25) is 0 Å². The summed E-state index contributed by atoms with van der Waals surface area (Å²) in [5, 5.41) is 10.2. The van der Waals surface area contributed by atoms with Gasteiger partial charge in [0.1, 0.15) is 5.60 Å². The molecule has 0 bridgehead atoms. The van der Waals surface area contributed by atoms with Crippen molar-refractivity contribution in [1.82, 2.24) is 9.88 Å². The summed E-state index contributed by atoms with van der Waals surface area (Å²) in [5.41, 5.74) is -2.72. The van der Waals surface area contributed by atoms with Crippen LogP contribution in [-0.4, -0.2) is 45.4 Å². The first-order valence-corrected chi connectivity index (χ1v) is 8.59. The van der Waals surface area contributed by atoms with E-state index in [1.807, 2.05) is 0 Å². The van der Waals surface area contributed by atoms with Crippen LogP contribution in [0.5, 0.6) is 0 Å². The topological polar surface area (TPSA) is 62.7 Å². The molecule has 0 spiro atoms. The second-order valence-electron chi connectivity index (χ2n) is 7.52. The average Bonchev–Trinajstić information content (AvgIpc) is 2.47. The summed E-state index contributed by atoms with van der Waals surface area (Å²) in [6.07, 6.45) is -3.72. The Morgan fingerprint density at radius 2 is 1.92 bits per heavy atom. The third kappa shape index (κ3) is 5.48. The molecule has 0 unspecified atom stereocenters. The van der Waals surface area contributed by atoms with Gasteiger partial charge in [-0.05, 0) is 39.7 Å². The predicted octanol–water partition coefficient (Wildman–Crippen LogP) is 4.06. The maximum absolute atomic E-state index is 12.9. The van der Waals surface area contributed by atoms with E-state index in [2.05, 4.69) is 4.98 Å². The Morgan fingerprint density at radius 3 is 2.42 bits per heavy atom. The molecule has 1 amide bonds. The van der Waals surface area contributed by atoms with Crippen LogP contribution in [0.4, 0.5) is 18.0 Å². The lowest BCUT2D eigenvalue weighted by molar-refractivity contribution is -0.137. The Kier molecular flexibility index (Phi) is 5.77. The first kappa shape index (κ1) is 20.8. The summed E-state index contributed by atoms with van der Waals surface area (Å²) >= 11 is 5.56. The highest BCUT2D eigenvalue weighted by Crippen LogP contribution is 2.35. The molecule has 0 atom stereocenters. The number of alkyl halides is 3. The maximum atomic E-state index is 12.9. The van der Waals surface area contributed by atoms with E-state index < -0.39 is 34.1 Å². The minimum atomic E-state index is -4.59. The van der Waals surface area contributed by atoms with Gasteiger partial charge in [-0.3, -0.25) is 4.98 Å². The van der Waals surface area contributed by atoms with E-state index in [0.29, 0.717) is 0 Å². The van der Waals surface area contributed by atoms with Crippen LogP contribution in [0.3, 0.4) is 0 Å². The molecule has 2 heterocycles. The Labute approximate surface area is 155 Å². The lowest BCUT2D eigenvalue weighted by Gasteiger charge is -2.38. The van der Waals surface area contributed by atoms with Crippen molar-refractivity contribution in [3.63, 3.8) is 0 Å². The van der Waals surface area contributed by atoms with Gasteiger partial charge in [0.15, 0.2) is 0 Å². The van der Waals surface area contributed by atoms with Gasteiger partial charge < -0.3 is 14.7 Å². The zero-order chi connectivity index (χ0) is 19.8. The van der Waals surface area contributed by atoms with Gasteiger partial charge in [0.25, 0.3) is 0 Å². The summed E-state index contributed by atoms with van der Waals surface area (Å²) in [6.45, 7) is 5.79. The van der Waals surface area contributed by atoms with Crippen LogP contribution in [0, 0.1) is 0 Å². The number of hydrogen-bond donors (Lipinski definition) is 1. The Morgan fingerprint density at radius 1 is 1.35 bits per heavy atom. The normalized spacial score (nSPS) is 17.9. The van der Waals surface area contributed by atoms with Crippen LogP contribution in [-0.2, 0) is 17.3 Å². The number of aromatic nitrogens is 1. The van der Waals surface area contributed by atoms with Crippen LogP contribution in [0.25, 0.3) is 0 Å². The van der Waals surface area contributed by atoms with Crippen LogP contribution < -0.4 is 0 Å². The zero-order valence-corrected chi connectivity index (χ0v) is 15.6. The number of nitrogens with zero attached hydrogens (tertiary/aromatic N) is 2. The fraction of sp³-hybridized carbons (Fsp3) is 0.647. The first-order chi connectivity index (χ1) is 11.8. The third-order valence-corrected chi connectivity index (χ3v) is 4.37. The van der Waals surface area contributed by atoms with E-state index >= 15 is 0 Å². The highest BCUT2D eigenvalue weighted by atomic mass is 35.5. The highest BCUT2D eigenvalue weighted by molar-refractivity contribution is 6.31. The lowest BCUT2D eigenvalue weighted by atomic mass is 9.86. The molecule has 0 saturated carbocycles. The molecule has 2 rings (SSSR count). The molecule has 1 aliphatic heterocycles. The lowest BCUT2D eigenvalue weighted by Crippen LogP contribution is -2.49. The number of ether oxygens (including phenoxy) is 1. The van der Waals surface area contributed by atoms with Crippen molar-refractivity contribution < 1.29 is 27.8 Å². The predicted molar refractivity (Wildman–Crippen MR) is 89.9 cm³/mol. The number of hydrogen-bond acceptors (Lipinski definition) is 4. The standard InChI is InChI=1S/C17H22ClF3N2O3/c1-15(2,3)26-14(24)23-6-4-16(25,5-7-23)9-11-8-12(17(19,20)21)13(18)10-22-11/h8,10,25H,4-7,9H2,1-3H3. The van der Waals surface area contributed by atoms with Gasteiger partial charge in [-0.1, -0.05) is 11.6 Å². The molecule has 1 aliphatic rings. The molecular formula is C17H22ClF3N2O3. The van der Waals surface area contributed by atoms with Crippen molar-refractivity contribution in [2.75, 3.05) is 13.1 Å². The highest BCUT2D eigenvalue weighted by Gasteiger charge is 2.38. The van der Waals surface area contributed by atoms with E-state index in [1.54, 1.807) is 20.8 Å². The molecule has 9 heteroatoms. The fourth-order valence-corrected chi connectivity index (χ4v) is 2.95. The zero-order valence-electron chi connectivity index (χ0n) is 14.9. The van der Waals surface area contributed by atoms with E-state index in [4.69, 9.17) is 16.3 Å². The number of likely N-dealkylation sites (tertiary alicyclic amines) is 1. The molecule has 1 fully saturated rings. The van der Waals surface area contributed by atoms with Crippen LogP contribution in [0.15, 0.2) is 12.3 Å². The number of rotatable bonds is 2. The van der Waals surface area contributed by atoms with Crippen molar-refractivity contribution in [1.29, 1.82) is 0 Å². The molecule has 1 aromatic rings. The minimum absolute atomic E-state index is 0.0462. The molecule has 26 heavy (non-hydrogen) atoms. The molecule has 1 saturated heterocycles. The van der Waals surface area contributed by atoms with Crippen molar-refractivity contribution in [3.8, 4) is 0 Å². The van der Waals surface area contributed by atoms with E-state index in [-0.39, 0.29) is 38.0 Å². The van der Waals surface area contributed by atoms with E-state index in [9.17, 15) is 23.1 Å². The van der Waals surface area contributed by atoms with Gasteiger partial charge in [-0.15, -0.1) is 0 Å². The number of amides is 1. The van der Waals surface area contributed by atoms with Crippen molar-refractivity contribution >= 4 is 17.7 Å². The van der Waals surface area contributed by atoms with Gasteiger partial charge >= 0.3 is 12.3 Å². The molecule has 1 N–H and O–H groups in total. The summed E-state index contributed by atoms with van der Waals surface area (Å²) in [5.74, 6) is 0. The Hall–Kier alpha value is -1.54. The Balaban J connectivity index is 2.03. The smallest absolute Gasteiger partial charge is 0.417 e. The quantitative estimate of drug-likeness (QED) is 0.821. The summed E-state index contributed by atoms with van der Waals surface area (Å²) in [7, 11) is 0. The summed E-state index contributed by atoms with van der Waals surface area (Å²) in [4.78, 5) is 17.4. The van der Waals surface area contributed by atoms with Gasteiger partial charge in [-0.25, -0.2) is 4.79 Å². The monoisotopic (exact) mass is 394 g/mol. The maximum Gasteiger partial charge on any atom is 0.417 e. The SMILES string of the molecule is CC(C)(C)OC(=O)N1CCC(O)(Cc2cc(C(F)(F)F)c(Cl)cn2)CC1. The molecule has 0 radical (unpaired) electrons. The van der Waals surface area contributed by atoms with Crippen LogP contribution in [0.1, 0.15) is 44.9 Å². The average molecular weight is 395 g/mol. The molecular weight excluding hydrogens is 373 g/mol. The van der Waals surface area contributed by atoms with Gasteiger partial charge in [-0.2, -0.15) is 13.2 Å². The largest absolute Gasteiger partial charge is 0.444 e.